The minimum atomic E-state index is 0.201. The van der Waals surface area contributed by atoms with Gasteiger partial charge in [0.05, 0.1) is 17.7 Å². The van der Waals surface area contributed by atoms with E-state index >= 15 is 0 Å². The highest BCUT2D eigenvalue weighted by Gasteiger charge is 2.08. The van der Waals surface area contributed by atoms with E-state index in [9.17, 15) is 0 Å². The van der Waals surface area contributed by atoms with Gasteiger partial charge in [-0.25, -0.2) is 9.97 Å². The van der Waals surface area contributed by atoms with Crippen LogP contribution in [-0.2, 0) is 5.75 Å². The Hall–Kier alpha value is -0.850. The molecule has 0 radical (unpaired) electrons. The minimum absolute atomic E-state index is 0.201. The molecule has 0 aliphatic heterocycles. The topological polar surface area (TPSA) is 58.0 Å². The first-order chi connectivity index (χ1) is 8.85. The van der Waals surface area contributed by atoms with Gasteiger partial charge in [0.15, 0.2) is 0 Å². The quantitative estimate of drug-likeness (QED) is 0.765. The van der Waals surface area contributed by atoms with Crippen LogP contribution in [-0.4, -0.2) is 34.0 Å². The zero-order valence-electron chi connectivity index (χ0n) is 10.3. The van der Waals surface area contributed by atoms with Gasteiger partial charge in [-0.05, 0) is 17.9 Å². The zero-order chi connectivity index (χ0) is 12.8. The SMILES string of the molecule is CCCNc1nc(CSCCO)nc2sccc12. The molecule has 0 aromatic carbocycles. The number of hydrogen-bond acceptors (Lipinski definition) is 6. The van der Waals surface area contributed by atoms with Crippen LogP contribution in [0.15, 0.2) is 11.4 Å². The van der Waals surface area contributed by atoms with Crippen molar-refractivity contribution in [3.8, 4) is 0 Å². The Morgan fingerprint density at radius 2 is 2.33 bits per heavy atom. The summed E-state index contributed by atoms with van der Waals surface area (Å²) in [5.41, 5.74) is 0. The number of thioether (sulfide) groups is 1. The van der Waals surface area contributed by atoms with Crippen molar-refractivity contribution in [2.24, 2.45) is 0 Å². The number of aliphatic hydroxyl groups excluding tert-OH is 1. The molecule has 0 bridgehead atoms. The van der Waals surface area contributed by atoms with Crippen LogP contribution in [0.2, 0.25) is 0 Å². The Kier molecular flexibility index (Phi) is 5.22. The highest BCUT2D eigenvalue weighted by molar-refractivity contribution is 7.98. The lowest BCUT2D eigenvalue weighted by molar-refractivity contribution is 0.322. The van der Waals surface area contributed by atoms with Crippen molar-refractivity contribution < 1.29 is 5.11 Å². The van der Waals surface area contributed by atoms with Crippen LogP contribution >= 0.6 is 23.1 Å². The van der Waals surface area contributed by atoms with Crippen LogP contribution in [0, 0.1) is 0 Å². The molecule has 0 aliphatic rings. The number of hydrogen-bond donors (Lipinski definition) is 2. The minimum Gasteiger partial charge on any atom is -0.396 e. The molecule has 2 heterocycles. The summed E-state index contributed by atoms with van der Waals surface area (Å²) >= 11 is 3.29. The second-order valence-corrected chi connectivity index (χ2v) is 5.83. The van der Waals surface area contributed by atoms with Gasteiger partial charge in [-0.15, -0.1) is 11.3 Å². The average Bonchev–Trinajstić information content (AvgIpc) is 2.84. The van der Waals surface area contributed by atoms with Gasteiger partial charge < -0.3 is 10.4 Å². The summed E-state index contributed by atoms with van der Waals surface area (Å²) in [5, 5.41) is 15.3. The standard InChI is InChI=1S/C12H17N3OS2/c1-2-4-13-11-9-3-6-18-12(9)15-10(14-11)8-17-7-5-16/h3,6,16H,2,4-5,7-8H2,1H3,(H,13,14,15). The Bertz CT molecular complexity index is 501. The second-order valence-electron chi connectivity index (χ2n) is 3.83. The van der Waals surface area contributed by atoms with E-state index in [1.807, 2.05) is 5.38 Å². The summed E-state index contributed by atoms with van der Waals surface area (Å²) in [5.74, 6) is 3.24. The molecular formula is C12H17N3OS2. The normalized spacial score (nSPS) is 11.0. The summed E-state index contributed by atoms with van der Waals surface area (Å²) in [7, 11) is 0. The molecule has 4 nitrogen and oxygen atoms in total. The Labute approximate surface area is 115 Å². The highest BCUT2D eigenvalue weighted by Crippen LogP contribution is 2.26. The predicted molar refractivity (Wildman–Crippen MR) is 79.4 cm³/mol. The molecule has 2 N–H and O–H groups in total. The van der Waals surface area contributed by atoms with Gasteiger partial charge in [-0.1, -0.05) is 6.92 Å². The monoisotopic (exact) mass is 283 g/mol. The molecule has 0 atom stereocenters. The van der Waals surface area contributed by atoms with E-state index in [2.05, 4.69) is 28.3 Å². The predicted octanol–water partition coefficient (Wildman–Crippen LogP) is 2.74. The maximum Gasteiger partial charge on any atom is 0.142 e. The van der Waals surface area contributed by atoms with Gasteiger partial charge in [-0.3, -0.25) is 0 Å². The fourth-order valence-corrected chi connectivity index (χ4v) is 2.94. The van der Waals surface area contributed by atoms with Crippen molar-refractivity contribution in [2.45, 2.75) is 19.1 Å². The molecule has 98 valence electrons. The van der Waals surface area contributed by atoms with Crippen molar-refractivity contribution in [1.82, 2.24) is 9.97 Å². The van der Waals surface area contributed by atoms with Crippen LogP contribution in [0.3, 0.4) is 0 Å². The second kappa shape index (κ2) is 6.92. The number of aromatic nitrogens is 2. The summed E-state index contributed by atoms with van der Waals surface area (Å²) < 4.78 is 0. The lowest BCUT2D eigenvalue weighted by Crippen LogP contribution is -2.05. The van der Waals surface area contributed by atoms with E-state index in [4.69, 9.17) is 5.11 Å². The van der Waals surface area contributed by atoms with E-state index in [-0.39, 0.29) is 6.61 Å². The summed E-state index contributed by atoms with van der Waals surface area (Å²) in [6.45, 7) is 3.26. The Balaban J connectivity index is 2.20. The molecular weight excluding hydrogens is 266 g/mol. The number of nitrogens with zero attached hydrogens (tertiary/aromatic N) is 2. The molecule has 2 aromatic heterocycles. The molecule has 2 rings (SSSR count). The number of anilines is 1. The maximum absolute atomic E-state index is 8.78. The van der Waals surface area contributed by atoms with Crippen LogP contribution < -0.4 is 5.32 Å². The van der Waals surface area contributed by atoms with Crippen LogP contribution in [0.5, 0.6) is 0 Å². The molecule has 0 spiro atoms. The molecule has 0 aliphatic carbocycles. The maximum atomic E-state index is 8.78. The summed E-state index contributed by atoms with van der Waals surface area (Å²) in [6.07, 6.45) is 1.07. The average molecular weight is 283 g/mol. The lowest BCUT2D eigenvalue weighted by atomic mass is 10.3. The van der Waals surface area contributed by atoms with Crippen molar-refractivity contribution in [3.05, 3.63) is 17.3 Å². The Morgan fingerprint density at radius 3 is 3.11 bits per heavy atom. The third kappa shape index (κ3) is 3.34. The molecule has 0 unspecified atom stereocenters. The van der Waals surface area contributed by atoms with E-state index in [0.29, 0.717) is 0 Å². The van der Waals surface area contributed by atoms with Gasteiger partial charge in [-0.2, -0.15) is 11.8 Å². The van der Waals surface area contributed by atoms with Gasteiger partial charge in [0.1, 0.15) is 16.5 Å². The van der Waals surface area contributed by atoms with E-state index in [0.717, 1.165) is 46.3 Å². The first kappa shape index (κ1) is 13.6. The van der Waals surface area contributed by atoms with Gasteiger partial charge in [0.25, 0.3) is 0 Å². The first-order valence-electron chi connectivity index (χ1n) is 6.01. The van der Waals surface area contributed by atoms with Crippen molar-refractivity contribution in [1.29, 1.82) is 0 Å². The van der Waals surface area contributed by atoms with Gasteiger partial charge in [0, 0.05) is 12.3 Å². The Morgan fingerprint density at radius 1 is 1.44 bits per heavy atom. The first-order valence-corrected chi connectivity index (χ1v) is 8.05. The van der Waals surface area contributed by atoms with E-state index < -0.39 is 0 Å². The molecule has 2 aromatic rings. The summed E-state index contributed by atoms with van der Waals surface area (Å²) in [4.78, 5) is 10.1. The zero-order valence-corrected chi connectivity index (χ0v) is 12.0. The van der Waals surface area contributed by atoms with Crippen LogP contribution in [0.25, 0.3) is 10.2 Å². The molecule has 6 heteroatoms. The molecule has 0 saturated carbocycles. The number of rotatable bonds is 7. The van der Waals surface area contributed by atoms with E-state index in [1.165, 1.54) is 0 Å². The van der Waals surface area contributed by atoms with Crippen LogP contribution in [0.4, 0.5) is 5.82 Å². The van der Waals surface area contributed by atoms with Crippen molar-refractivity contribution in [3.63, 3.8) is 0 Å². The third-order valence-electron chi connectivity index (χ3n) is 2.38. The summed E-state index contributed by atoms with van der Waals surface area (Å²) in [6, 6.07) is 2.06. The number of thiophene rings is 1. The fourth-order valence-electron chi connectivity index (χ4n) is 1.57. The van der Waals surface area contributed by atoms with Gasteiger partial charge >= 0.3 is 0 Å². The number of aliphatic hydroxyl groups is 1. The molecule has 0 fully saturated rings. The van der Waals surface area contributed by atoms with Crippen molar-refractivity contribution in [2.75, 3.05) is 24.2 Å². The largest absolute Gasteiger partial charge is 0.396 e. The highest BCUT2D eigenvalue weighted by atomic mass is 32.2. The van der Waals surface area contributed by atoms with E-state index in [1.54, 1.807) is 23.1 Å². The molecule has 18 heavy (non-hydrogen) atoms. The molecule has 0 saturated heterocycles. The van der Waals surface area contributed by atoms with Crippen molar-refractivity contribution >= 4 is 39.1 Å². The number of fused-ring (bicyclic) bond motifs is 1. The van der Waals surface area contributed by atoms with Gasteiger partial charge in [0.2, 0.25) is 0 Å². The third-order valence-corrected chi connectivity index (χ3v) is 4.12. The molecule has 0 amide bonds. The fraction of sp³-hybridized carbons (Fsp3) is 0.500. The van der Waals surface area contributed by atoms with Crippen LogP contribution in [0.1, 0.15) is 19.2 Å². The lowest BCUT2D eigenvalue weighted by Gasteiger charge is -2.07. The number of nitrogens with one attached hydrogen (secondary N) is 1. The smallest absolute Gasteiger partial charge is 0.142 e.